The molecule has 350 valence electrons. The zero-order chi connectivity index (χ0) is 46.3. The van der Waals surface area contributed by atoms with E-state index >= 15 is 0 Å². The molecule has 4 atom stereocenters. The topological polar surface area (TPSA) is 206 Å². The van der Waals surface area contributed by atoms with Crippen molar-refractivity contribution in [2.45, 2.75) is 84.5 Å². The van der Waals surface area contributed by atoms with Gasteiger partial charge in [-0.1, -0.05) is 57.2 Å². The molecule has 16 nitrogen and oxygen atoms in total. The minimum Gasteiger partial charge on any atom is -0.391 e. The maximum atomic E-state index is 14.0. The third-order valence-corrected chi connectivity index (χ3v) is 12.3. The van der Waals surface area contributed by atoms with Gasteiger partial charge >= 0.3 is 0 Å². The lowest BCUT2D eigenvalue weighted by Crippen LogP contribution is -2.58. The van der Waals surface area contributed by atoms with Crippen LogP contribution in [0.5, 0.6) is 0 Å². The van der Waals surface area contributed by atoms with Gasteiger partial charge in [0.1, 0.15) is 12.1 Å². The Labute approximate surface area is 384 Å². The predicted octanol–water partition coefficient (Wildman–Crippen LogP) is 5.02. The SMILES string of the molecule is Cc1ncsc1-c1ccc([C@H](C)NC(=O)[C@@H]2C[C@@H](O)CN2C(=O)[C@@H](NC(=O)CCOCCOCCOCCOCCNC(=O)CCc2ccc3c(c2)[nH]c2ccncc23)C(C)(C)C)cc1. The van der Waals surface area contributed by atoms with E-state index in [9.17, 15) is 24.3 Å². The Bertz CT molecular complexity index is 2340. The molecule has 2 aromatic carbocycles. The van der Waals surface area contributed by atoms with Crippen LogP contribution >= 0.6 is 11.3 Å². The molecule has 0 unspecified atom stereocenters. The molecule has 3 aromatic heterocycles. The number of thiazole rings is 1. The number of aliphatic hydroxyl groups is 1. The van der Waals surface area contributed by atoms with E-state index in [1.807, 2.05) is 76.7 Å². The molecule has 0 aliphatic carbocycles. The Morgan fingerprint density at radius 2 is 1.55 bits per heavy atom. The summed E-state index contributed by atoms with van der Waals surface area (Å²) in [4.78, 5) is 67.4. The molecule has 0 bridgehead atoms. The molecule has 4 heterocycles. The largest absolute Gasteiger partial charge is 0.391 e. The maximum Gasteiger partial charge on any atom is 0.246 e. The van der Waals surface area contributed by atoms with Crippen molar-refractivity contribution < 1.29 is 43.2 Å². The summed E-state index contributed by atoms with van der Waals surface area (Å²) in [6, 6.07) is 13.9. The number of fused-ring (bicyclic) bond motifs is 3. The first kappa shape index (κ1) is 49.1. The van der Waals surface area contributed by atoms with Crippen molar-refractivity contribution in [1.29, 1.82) is 0 Å². The second kappa shape index (κ2) is 23.8. The van der Waals surface area contributed by atoms with Crippen LogP contribution in [-0.2, 0) is 44.5 Å². The molecule has 0 spiro atoms. The number of ether oxygens (including phenoxy) is 4. The molecule has 1 fully saturated rings. The van der Waals surface area contributed by atoms with Gasteiger partial charge in [-0.3, -0.25) is 24.2 Å². The van der Waals surface area contributed by atoms with Crippen LogP contribution in [0.15, 0.2) is 66.4 Å². The fraction of sp³-hybridized carbons (Fsp3) is 0.500. The van der Waals surface area contributed by atoms with E-state index < -0.39 is 29.5 Å². The van der Waals surface area contributed by atoms with Crippen LogP contribution in [0.4, 0.5) is 0 Å². The zero-order valence-corrected chi connectivity index (χ0v) is 38.8. The molecule has 5 N–H and O–H groups in total. The fourth-order valence-corrected chi connectivity index (χ4v) is 8.54. The average Bonchev–Trinajstić information content (AvgIpc) is 4.01. The van der Waals surface area contributed by atoms with Crippen LogP contribution in [0.1, 0.15) is 69.8 Å². The highest BCUT2D eigenvalue weighted by molar-refractivity contribution is 7.13. The zero-order valence-electron chi connectivity index (χ0n) is 38.0. The number of likely N-dealkylation sites (tertiary alicyclic amines) is 1. The normalized spacial score (nSPS) is 16.2. The van der Waals surface area contributed by atoms with Crippen LogP contribution in [0.25, 0.3) is 32.2 Å². The molecule has 1 saturated heterocycles. The molecule has 1 aliphatic rings. The van der Waals surface area contributed by atoms with Gasteiger partial charge in [0.05, 0.1) is 81.1 Å². The van der Waals surface area contributed by atoms with Crippen LogP contribution < -0.4 is 16.0 Å². The Balaban J connectivity index is 0.786. The molecule has 65 heavy (non-hydrogen) atoms. The van der Waals surface area contributed by atoms with Gasteiger partial charge in [0.15, 0.2) is 0 Å². The lowest BCUT2D eigenvalue weighted by atomic mass is 9.85. The minimum atomic E-state index is -0.932. The van der Waals surface area contributed by atoms with Gasteiger partial charge in [-0.15, -0.1) is 11.3 Å². The standard InChI is InChI=1S/C48H63N7O9S/c1-31(34-8-10-35(11-9-34)44-32(2)51-30-65-44)52-46(59)41-27-36(56)29-55(41)47(60)45(48(3,4)5)54-43(58)15-18-61-20-22-63-24-25-64-23-21-62-19-17-50-42(57)13-7-33-6-12-37-38-28-49-16-14-39(38)53-40(37)26-33/h6,8-12,14,16,26,28,30-31,36,41,45,53,56H,7,13,15,17-25,27,29H2,1-5H3,(H,50,57)(H,52,59)(H,54,58)/t31-,36+,41-,45+/m0/s1. The van der Waals surface area contributed by atoms with E-state index in [0.29, 0.717) is 59.0 Å². The first-order valence-corrected chi connectivity index (χ1v) is 23.2. The lowest BCUT2D eigenvalue weighted by Gasteiger charge is -2.35. The highest BCUT2D eigenvalue weighted by atomic mass is 32.1. The first-order chi connectivity index (χ1) is 31.3. The number of carbonyl (C=O) groups excluding carboxylic acids is 4. The van der Waals surface area contributed by atoms with Crippen molar-refractivity contribution in [2.24, 2.45) is 5.41 Å². The molecule has 1 aliphatic heterocycles. The number of nitrogens with zero attached hydrogens (tertiary/aromatic N) is 3. The molecule has 6 rings (SSSR count). The van der Waals surface area contributed by atoms with Crippen LogP contribution in [-0.4, -0.2) is 133 Å². The number of rotatable bonds is 24. The minimum absolute atomic E-state index is 0.00827. The van der Waals surface area contributed by atoms with Gasteiger partial charge in [0.2, 0.25) is 23.6 Å². The number of pyridine rings is 1. The van der Waals surface area contributed by atoms with E-state index in [1.165, 1.54) is 4.90 Å². The fourth-order valence-electron chi connectivity index (χ4n) is 7.73. The highest BCUT2D eigenvalue weighted by Gasteiger charge is 2.44. The summed E-state index contributed by atoms with van der Waals surface area (Å²) in [5.74, 6) is -1.18. The Morgan fingerprint density at radius 1 is 0.862 bits per heavy atom. The predicted molar refractivity (Wildman–Crippen MR) is 249 cm³/mol. The van der Waals surface area contributed by atoms with Crippen LogP contribution in [0, 0.1) is 12.3 Å². The van der Waals surface area contributed by atoms with E-state index in [-0.39, 0.29) is 56.4 Å². The van der Waals surface area contributed by atoms with E-state index in [2.05, 4.69) is 49.1 Å². The monoisotopic (exact) mass is 913 g/mol. The van der Waals surface area contributed by atoms with Crippen molar-refractivity contribution in [1.82, 2.24) is 35.8 Å². The summed E-state index contributed by atoms with van der Waals surface area (Å²) in [5.41, 5.74) is 7.22. The summed E-state index contributed by atoms with van der Waals surface area (Å²) < 4.78 is 22.3. The summed E-state index contributed by atoms with van der Waals surface area (Å²) in [6.45, 7) is 12.4. The van der Waals surface area contributed by atoms with Gasteiger partial charge in [0, 0.05) is 66.6 Å². The molecule has 17 heteroatoms. The number of aliphatic hydroxyl groups excluding tert-OH is 1. The van der Waals surface area contributed by atoms with E-state index in [1.54, 1.807) is 17.5 Å². The van der Waals surface area contributed by atoms with Crippen molar-refractivity contribution >= 4 is 56.8 Å². The molecule has 0 radical (unpaired) electrons. The molecule has 4 amide bonds. The number of aryl methyl sites for hydroxylation is 2. The van der Waals surface area contributed by atoms with Crippen molar-refractivity contribution in [3.05, 3.63) is 83.3 Å². The van der Waals surface area contributed by atoms with Crippen LogP contribution in [0.2, 0.25) is 0 Å². The van der Waals surface area contributed by atoms with E-state index in [0.717, 1.165) is 49.1 Å². The van der Waals surface area contributed by atoms with Crippen molar-refractivity contribution in [3.8, 4) is 10.4 Å². The summed E-state index contributed by atoms with van der Waals surface area (Å²) in [5, 5.41) is 21.6. The number of β-amino-alcohol motifs (C(OH)–C–C–N with tert-alkyl or cyclic N) is 1. The third-order valence-electron chi connectivity index (χ3n) is 11.3. The number of nitrogens with one attached hydrogen (secondary N) is 4. The number of amides is 4. The van der Waals surface area contributed by atoms with Crippen molar-refractivity contribution in [2.75, 3.05) is 65.9 Å². The summed E-state index contributed by atoms with van der Waals surface area (Å²) >= 11 is 1.57. The van der Waals surface area contributed by atoms with Gasteiger partial charge in [-0.2, -0.15) is 0 Å². The Hall–Kier alpha value is -5.30. The smallest absolute Gasteiger partial charge is 0.246 e. The third kappa shape index (κ3) is 14.1. The number of hydrogen-bond donors (Lipinski definition) is 5. The number of benzene rings is 2. The summed E-state index contributed by atoms with van der Waals surface area (Å²) in [6.07, 6.45) is 3.91. The van der Waals surface area contributed by atoms with Crippen LogP contribution in [0.3, 0.4) is 0 Å². The number of aromatic amines is 1. The quantitative estimate of drug-likeness (QED) is 0.0520. The number of H-pyrrole nitrogens is 1. The summed E-state index contributed by atoms with van der Waals surface area (Å²) in [7, 11) is 0. The second-order valence-electron chi connectivity index (χ2n) is 17.4. The van der Waals surface area contributed by atoms with Gasteiger partial charge in [-0.25, -0.2) is 4.98 Å². The maximum absolute atomic E-state index is 14.0. The first-order valence-electron chi connectivity index (χ1n) is 22.3. The van der Waals surface area contributed by atoms with E-state index in [4.69, 9.17) is 18.9 Å². The van der Waals surface area contributed by atoms with Gasteiger partial charge in [0.25, 0.3) is 0 Å². The molecule has 5 aromatic rings. The average molecular weight is 914 g/mol. The molecular formula is C48H63N7O9S. The molecule has 0 saturated carbocycles. The Kier molecular flexibility index (Phi) is 18.0. The number of hydrogen-bond acceptors (Lipinski definition) is 12. The number of carbonyl (C=O) groups is 4. The lowest BCUT2D eigenvalue weighted by molar-refractivity contribution is -0.144. The number of aromatic nitrogens is 3. The second-order valence-corrected chi connectivity index (χ2v) is 18.2. The Morgan fingerprint density at radius 3 is 2.23 bits per heavy atom. The van der Waals surface area contributed by atoms with Crippen molar-refractivity contribution in [3.63, 3.8) is 0 Å². The van der Waals surface area contributed by atoms with Gasteiger partial charge in [-0.05, 0) is 54.5 Å². The molecular weight excluding hydrogens is 851 g/mol. The van der Waals surface area contributed by atoms with Gasteiger partial charge < -0.3 is 49.9 Å². The highest BCUT2D eigenvalue weighted by Crippen LogP contribution is 2.30.